The molecule has 1 amide bonds. The van der Waals surface area contributed by atoms with Gasteiger partial charge >= 0.3 is 23.9 Å². The average Bonchev–Trinajstić information content (AvgIpc) is 2.59. The predicted octanol–water partition coefficient (Wildman–Crippen LogP) is -0.824. The van der Waals surface area contributed by atoms with Crippen molar-refractivity contribution in [1.82, 2.24) is 5.32 Å². The van der Waals surface area contributed by atoms with Crippen LogP contribution >= 0.6 is 0 Å². The fraction of sp³-hybridized carbons (Fsp3) is 0.444. The molecule has 0 radical (unpaired) electrons. The van der Waals surface area contributed by atoms with Crippen molar-refractivity contribution < 1.29 is 48.7 Å². The van der Waals surface area contributed by atoms with E-state index in [9.17, 15) is 29.4 Å². The van der Waals surface area contributed by atoms with Crippen LogP contribution in [0.15, 0.2) is 36.5 Å². The summed E-state index contributed by atoms with van der Waals surface area (Å²) in [5.74, 6) is -7.58. The van der Waals surface area contributed by atoms with Gasteiger partial charge in [-0.25, -0.2) is 14.4 Å². The SMILES string of the molecule is C=C(C)C(=O)OC(CC(=O)NC(O)C(O)CO)(OC(=O)C(=C)C)OC(=O)C(=C)C. The zero-order valence-electron chi connectivity index (χ0n) is 16.4. The lowest BCUT2D eigenvalue weighted by atomic mass is 10.2. The Bertz CT molecular complexity index is 642. The molecular weight excluding hydrogens is 390 g/mol. The second-order valence-corrected chi connectivity index (χ2v) is 6.13. The number of carbonyl (C=O) groups is 4. The van der Waals surface area contributed by atoms with Crippen LogP contribution in [0.25, 0.3) is 0 Å². The molecule has 0 aromatic carbocycles. The second kappa shape index (κ2) is 11.1. The highest BCUT2D eigenvalue weighted by molar-refractivity contribution is 5.91. The number of nitrogens with one attached hydrogen (secondary N) is 1. The van der Waals surface area contributed by atoms with Gasteiger partial charge in [0.05, 0.1) is 6.61 Å². The van der Waals surface area contributed by atoms with Crippen LogP contribution in [0.1, 0.15) is 27.2 Å². The first-order valence-electron chi connectivity index (χ1n) is 8.17. The molecule has 0 fully saturated rings. The molecule has 0 spiro atoms. The van der Waals surface area contributed by atoms with Crippen molar-refractivity contribution >= 4 is 23.8 Å². The highest BCUT2D eigenvalue weighted by atomic mass is 16.9. The molecular formula is C18H25NO10. The third-order valence-corrected chi connectivity index (χ3v) is 3.03. The Balaban J connectivity index is 5.99. The van der Waals surface area contributed by atoms with E-state index in [4.69, 9.17) is 19.3 Å². The third kappa shape index (κ3) is 8.68. The summed E-state index contributed by atoms with van der Waals surface area (Å²) in [5, 5.41) is 29.6. The highest BCUT2D eigenvalue weighted by Crippen LogP contribution is 2.25. The minimum Gasteiger partial charge on any atom is -0.394 e. The Morgan fingerprint density at radius 1 is 0.862 bits per heavy atom. The van der Waals surface area contributed by atoms with Gasteiger partial charge < -0.3 is 34.8 Å². The normalized spacial score (nSPS) is 12.8. The molecule has 2 atom stereocenters. The van der Waals surface area contributed by atoms with E-state index in [0.717, 1.165) is 0 Å². The molecule has 0 saturated heterocycles. The summed E-state index contributed by atoms with van der Waals surface area (Å²) in [6.45, 7) is 12.9. The van der Waals surface area contributed by atoms with Gasteiger partial charge in [-0.1, -0.05) is 19.7 Å². The Morgan fingerprint density at radius 3 is 1.48 bits per heavy atom. The summed E-state index contributed by atoms with van der Waals surface area (Å²) in [7, 11) is 0. The molecule has 0 bridgehead atoms. The van der Waals surface area contributed by atoms with Gasteiger partial charge in [-0.05, 0) is 20.8 Å². The van der Waals surface area contributed by atoms with Gasteiger partial charge in [-0.3, -0.25) is 4.79 Å². The van der Waals surface area contributed by atoms with Gasteiger partial charge in [-0.15, -0.1) is 0 Å². The molecule has 11 nitrogen and oxygen atoms in total. The van der Waals surface area contributed by atoms with Gasteiger partial charge in [0, 0.05) is 16.7 Å². The van der Waals surface area contributed by atoms with Crippen molar-refractivity contribution in [2.75, 3.05) is 6.61 Å². The van der Waals surface area contributed by atoms with Crippen molar-refractivity contribution in [3.8, 4) is 0 Å². The van der Waals surface area contributed by atoms with Crippen LogP contribution in [0.5, 0.6) is 0 Å². The quantitative estimate of drug-likeness (QED) is 0.190. The molecule has 0 heterocycles. The summed E-state index contributed by atoms with van der Waals surface area (Å²) >= 11 is 0. The summed E-state index contributed by atoms with van der Waals surface area (Å²) in [6.07, 6.45) is -4.78. The van der Waals surface area contributed by atoms with Gasteiger partial charge in [0.2, 0.25) is 5.91 Å². The number of carbonyl (C=O) groups excluding carboxylic acids is 4. The zero-order chi connectivity index (χ0) is 22.9. The van der Waals surface area contributed by atoms with Crippen LogP contribution in [-0.4, -0.2) is 64.0 Å². The Hall–Kier alpha value is -3.02. The van der Waals surface area contributed by atoms with Crippen LogP contribution in [0.2, 0.25) is 0 Å². The predicted molar refractivity (Wildman–Crippen MR) is 97.3 cm³/mol. The number of rotatable bonds is 11. The van der Waals surface area contributed by atoms with E-state index >= 15 is 0 Å². The summed E-state index contributed by atoms with van der Waals surface area (Å²) < 4.78 is 14.8. The second-order valence-electron chi connectivity index (χ2n) is 6.13. The first kappa shape index (κ1) is 26.0. The Morgan fingerprint density at radius 2 is 1.21 bits per heavy atom. The monoisotopic (exact) mass is 415 g/mol. The fourth-order valence-corrected chi connectivity index (χ4v) is 1.46. The third-order valence-electron chi connectivity index (χ3n) is 3.03. The van der Waals surface area contributed by atoms with Crippen molar-refractivity contribution in [3.05, 3.63) is 36.5 Å². The average molecular weight is 415 g/mol. The number of ether oxygens (including phenoxy) is 3. The van der Waals surface area contributed by atoms with Crippen molar-refractivity contribution in [1.29, 1.82) is 0 Å². The molecule has 0 rings (SSSR count). The minimum absolute atomic E-state index is 0.178. The van der Waals surface area contributed by atoms with E-state index in [1.165, 1.54) is 20.8 Å². The molecule has 11 heteroatoms. The number of hydrogen-bond donors (Lipinski definition) is 4. The highest BCUT2D eigenvalue weighted by Gasteiger charge is 2.47. The van der Waals surface area contributed by atoms with Crippen LogP contribution in [-0.2, 0) is 33.4 Å². The maximum absolute atomic E-state index is 12.2. The standard InChI is InChI=1S/C18H25NO10/c1-9(2)15(24)27-18(28-16(25)10(3)4,29-17(26)11(5)6)7-13(22)19-14(23)12(21)8-20/h12,14,20-21,23H,1,3,5,7-8H2,2,4,6H3,(H,19,22). The Kier molecular flexibility index (Phi) is 9.94. The smallest absolute Gasteiger partial charge is 0.394 e. The van der Waals surface area contributed by atoms with E-state index < -0.39 is 55.1 Å². The lowest BCUT2D eigenvalue weighted by Gasteiger charge is -2.31. The molecule has 2 unspecified atom stereocenters. The fourth-order valence-electron chi connectivity index (χ4n) is 1.46. The topological polar surface area (TPSA) is 169 Å². The van der Waals surface area contributed by atoms with Gasteiger partial charge in [0.1, 0.15) is 12.5 Å². The molecule has 0 saturated carbocycles. The van der Waals surface area contributed by atoms with Gasteiger partial charge in [0.25, 0.3) is 0 Å². The van der Waals surface area contributed by atoms with Crippen LogP contribution < -0.4 is 5.32 Å². The Labute approximate surface area is 167 Å². The molecule has 0 aromatic heterocycles. The van der Waals surface area contributed by atoms with Crippen LogP contribution in [0, 0.1) is 0 Å². The van der Waals surface area contributed by atoms with E-state index in [1.807, 2.05) is 5.32 Å². The first-order valence-corrected chi connectivity index (χ1v) is 8.17. The maximum atomic E-state index is 12.2. The van der Waals surface area contributed by atoms with E-state index in [1.54, 1.807) is 0 Å². The molecule has 0 aliphatic heterocycles. The molecule has 0 aliphatic rings. The number of aliphatic hydroxyl groups excluding tert-OH is 3. The largest absolute Gasteiger partial charge is 0.433 e. The number of amides is 1. The lowest BCUT2D eigenvalue weighted by molar-refractivity contribution is -0.324. The van der Waals surface area contributed by atoms with Crippen molar-refractivity contribution in [3.63, 3.8) is 0 Å². The maximum Gasteiger partial charge on any atom is 0.433 e. The van der Waals surface area contributed by atoms with Gasteiger partial charge in [0.15, 0.2) is 6.23 Å². The molecule has 0 aliphatic carbocycles. The van der Waals surface area contributed by atoms with Crippen molar-refractivity contribution in [2.24, 2.45) is 0 Å². The minimum atomic E-state index is -2.89. The van der Waals surface area contributed by atoms with E-state index in [0.29, 0.717) is 0 Å². The summed E-state index contributed by atoms with van der Waals surface area (Å²) in [6, 6.07) is 0. The summed E-state index contributed by atoms with van der Waals surface area (Å²) in [5.41, 5.74) is -0.533. The van der Waals surface area contributed by atoms with Crippen LogP contribution in [0.4, 0.5) is 0 Å². The van der Waals surface area contributed by atoms with Crippen molar-refractivity contribution in [2.45, 2.75) is 45.5 Å². The first-order chi connectivity index (χ1) is 13.2. The molecule has 29 heavy (non-hydrogen) atoms. The molecule has 4 N–H and O–H groups in total. The zero-order valence-corrected chi connectivity index (χ0v) is 16.4. The van der Waals surface area contributed by atoms with Crippen LogP contribution in [0.3, 0.4) is 0 Å². The number of hydrogen-bond acceptors (Lipinski definition) is 10. The van der Waals surface area contributed by atoms with Gasteiger partial charge in [-0.2, -0.15) is 0 Å². The lowest BCUT2D eigenvalue weighted by Crippen LogP contribution is -2.51. The number of esters is 3. The summed E-state index contributed by atoms with van der Waals surface area (Å²) in [4.78, 5) is 48.3. The van der Waals surface area contributed by atoms with E-state index in [-0.39, 0.29) is 16.7 Å². The van der Waals surface area contributed by atoms with E-state index in [2.05, 4.69) is 19.7 Å². The molecule has 162 valence electrons. The molecule has 0 aromatic rings. The number of aliphatic hydroxyl groups is 3.